The molecular weight excluding hydrogens is 333 g/mol. The monoisotopic (exact) mass is 345 g/mol. The van der Waals surface area contributed by atoms with Crippen molar-refractivity contribution in [3.63, 3.8) is 0 Å². The number of aryl methyl sites for hydroxylation is 1. The van der Waals surface area contributed by atoms with Gasteiger partial charge in [-0.25, -0.2) is 18.9 Å². The maximum Gasteiger partial charge on any atom is 0.359 e. The molecule has 0 aliphatic rings. The second-order valence-corrected chi connectivity index (χ2v) is 5.77. The maximum absolute atomic E-state index is 12.9. The van der Waals surface area contributed by atoms with E-state index in [1.165, 1.54) is 42.6 Å². The van der Waals surface area contributed by atoms with Gasteiger partial charge in [0.1, 0.15) is 17.4 Å². The predicted octanol–water partition coefficient (Wildman–Crippen LogP) is 2.40. The molecule has 2 aromatic heterocycles. The Kier molecular flexibility index (Phi) is 4.48. The normalized spacial score (nSPS) is 10.6. The summed E-state index contributed by atoms with van der Waals surface area (Å²) in [6, 6.07) is 8.56. The molecular formula is C16H12FN3O3S. The van der Waals surface area contributed by atoms with Gasteiger partial charge in [-0.3, -0.25) is 4.79 Å². The van der Waals surface area contributed by atoms with E-state index < -0.39 is 5.97 Å². The van der Waals surface area contributed by atoms with E-state index >= 15 is 0 Å². The van der Waals surface area contributed by atoms with Crippen LogP contribution in [0.3, 0.4) is 0 Å². The summed E-state index contributed by atoms with van der Waals surface area (Å²) in [5, 5.41) is 6.30. The van der Waals surface area contributed by atoms with Gasteiger partial charge < -0.3 is 4.74 Å². The summed E-state index contributed by atoms with van der Waals surface area (Å²) in [4.78, 5) is 27.5. The molecule has 3 aromatic rings. The van der Waals surface area contributed by atoms with Gasteiger partial charge in [-0.2, -0.15) is 5.10 Å². The van der Waals surface area contributed by atoms with E-state index in [1.54, 1.807) is 17.5 Å². The zero-order chi connectivity index (χ0) is 17.1. The highest BCUT2D eigenvalue weighted by molar-refractivity contribution is 7.13. The highest BCUT2D eigenvalue weighted by Crippen LogP contribution is 2.24. The Morgan fingerprint density at radius 2 is 2.00 bits per heavy atom. The van der Waals surface area contributed by atoms with Gasteiger partial charge in [0, 0.05) is 24.1 Å². The van der Waals surface area contributed by atoms with Gasteiger partial charge in [0.05, 0.1) is 5.69 Å². The smallest absolute Gasteiger partial charge is 0.359 e. The number of carbonyl (C=O) groups excluding carboxylic acids is 1. The fourth-order valence-corrected chi connectivity index (χ4v) is 2.73. The summed E-state index contributed by atoms with van der Waals surface area (Å²) in [7, 11) is 1.45. The first-order valence-corrected chi connectivity index (χ1v) is 7.83. The highest BCUT2D eigenvalue weighted by Gasteiger charge is 2.12. The molecule has 2 heterocycles. The number of ether oxygens (including phenoxy) is 1. The third-order valence-corrected chi connectivity index (χ3v) is 4.10. The van der Waals surface area contributed by atoms with E-state index in [0.717, 1.165) is 10.2 Å². The number of thiazole rings is 1. The number of nitrogens with zero attached hydrogens (tertiary/aromatic N) is 3. The van der Waals surface area contributed by atoms with Crippen molar-refractivity contribution >= 4 is 17.3 Å². The van der Waals surface area contributed by atoms with Crippen LogP contribution >= 0.6 is 11.3 Å². The first-order valence-electron chi connectivity index (χ1n) is 6.95. The van der Waals surface area contributed by atoms with E-state index in [1.807, 2.05) is 0 Å². The Bertz CT molecular complexity index is 934. The lowest BCUT2D eigenvalue weighted by molar-refractivity contribution is 0.0458. The van der Waals surface area contributed by atoms with Gasteiger partial charge in [-0.1, -0.05) is 0 Å². The number of hydrogen-bond donors (Lipinski definition) is 0. The van der Waals surface area contributed by atoms with Crippen LogP contribution in [0.15, 0.2) is 46.6 Å². The minimum absolute atomic E-state index is 0.0128. The molecule has 1 aromatic carbocycles. The molecule has 0 atom stereocenters. The van der Waals surface area contributed by atoms with Crippen molar-refractivity contribution in [2.24, 2.45) is 7.05 Å². The van der Waals surface area contributed by atoms with Gasteiger partial charge in [0.25, 0.3) is 5.56 Å². The molecule has 0 fully saturated rings. The second-order valence-electron chi connectivity index (χ2n) is 4.91. The molecule has 3 rings (SSSR count). The first-order chi connectivity index (χ1) is 11.5. The van der Waals surface area contributed by atoms with Crippen LogP contribution in [0.1, 0.15) is 16.2 Å². The summed E-state index contributed by atoms with van der Waals surface area (Å²) >= 11 is 1.37. The minimum Gasteiger partial charge on any atom is -0.454 e. The van der Waals surface area contributed by atoms with Gasteiger partial charge >= 0.3 is 5.97 Å². The average molecular weight is 345 g/mol. The van der Waals surface area contributed by atoms with Crippen LogP contribution in [-0.2, 0) is 18.4 Å². The summed E-state index contributed by atoms with van der Waals surface area (Å²) in [5.74, 6) is -0.948. The Morgan fingerprint density at radius 3 is 2.71 bits per heavy atom. The minimum atomic E-state index is -0.637. The number of benzene rings is 1. The largest absolute Gasteiger partial charge is 0.454 e. The predicted molar refractivity (Wildman–Crippen MR) is 86.1 cm³/mol. The lowest BCUT2D eigenvalue weighted by Crippen LogP contribution is -2.21. The molecule has 0 unspecified atom stereocenters. The quantitative estimate of drug-likeness (QED) is 0.679. The highest BCUT2D eigenvalue weighted by atomic mass is 32.1. The van der Waals surface area contributed by atoms with Gasteiger partial charge in [-0.05, 0) is 30.3 Å². The Morgan fingerprint density at radius 1 is 1.25 bits per heavy atom. The molecule has 6 nitrogen and oxygen atoms in total. The van der Waals surface area contributed by atoms with E-state index in [-0.39, 0.29) is 23.7 Å². The van der Waals surface area contributed by atoms with E-state index in [0.29, 0.717) is 10.7 Å². The number of esters is 1. The lowest BCUT2D eigenvalue weighted by atomic mass is 10.2. The summed E-state index contributed by atoms with van der Waals surface area (Å²) in [6.45, 7) is -0.0128. The number of aromatic nitrogens is 3. The molecule has 24 heavy (non-hydrogen) atoms. The molecule has 122 valence electrons. The van der Waals surface area contributed by atoms with Crippen molar-refractivity contribution in [1.82, 2.24) is 14.8 Å². The first kappa shape index (κ1) is 16.0. The van der Waals surface area contributed by atoms with Crippen molar-refractivity contribution in [3.05, 3.63) is 69.3 Å². The summed E-state index contributed by atoms with van der Waals surface area (Å²) < 4.78 is 19.1. The van der Waals surface area contributed by atoms with Crippen molar-refractivity contribution in [2.45, 2.75) is 6.61 Å². The van der Waals surface area contributed by atoms with Crippen molar-refractivity contribution < 1.29 is 13.9 Å². The van der Waals surface area contributed by atoms with Crippen LogP contribution in [0.4, 0.5) is 4.39 Å². The second kappa shape index (κ2) is 6.71. The zero-order valence-electron chi connectivity index (χ0n) is 12.6. The van der Waals surface area contributed by atoms with Crippen LogP contribution in [0.5, 0.6) is 0 Å². The number of halogens is 1. The molecule has 0 bridgehead atoms. The average Bonchev–Trinajstić information content (AvgIpc) is 3.05. The van der Waals surface area contributed by atoms with E-state index in [4.69, 9.17) is 4.74 Å². The molecule has 8 heteroatoms. The molecule has 0 spiro atoms. The molecule has 0 aliphatic heterocycles. The lowest BCUT2D eigenvalue weighted by Gasteiger charge is -2.03. The Labute approximate surface area is 140 Å². The van der Waals surface area contributed by atoms with Gasteiger partial charge in [0.2, 0.25) is 0 Å². The van der Waals surface area contributed by atoms with Crippen LogP contribution in [0, 0.1) is 5.82 Å². The van der Waals surface area contributed by atoms with Crippen LogP contribution in [0.25, 0.3) is 10.6 Å². The van der Waals surface area contributed by atoms with Gasteiger partial charge in [-0.15, -0.1) is 11.3 Å². The molecule has 0 N–H and O–H groups in total. The zero-order valence-corrected chi connectivity index (χ0v) is 13.4. The van der Waals surface area contributed by atoms with Crippen LogP contribution in [-0.4, -0.2) is 20.7 Å². The summed E-state index contributed by atoms with van der Waals surface area (Å²) in [5.41, 5.74) is 1.11. The third-order valence-electron chi connectivity index (χ3n) is 3.16. The number of hydrogen-bond acceptors (Lipinski definition) is 6. The third kappa shape index (κ3) is 3.54. The standard InChI is InChI=1S/C16H12FN3O3S/c1-20-14(21)7-6-13(19-20)16(22)23-8-12-9-24-15(18-12)10-2-4-11(17)5-3-10/h2-7,9H,8H2,1H3. The summed E-state index contributed by atoms with van der Waals surface area (Å²) in [6.07, 6.45) is 0. The molecule has 0 saturated heterocycles. The van der Waals surface area contributed by atoms with Crippen LogP contribution in [0.2, 0.25) is 0 Å². The molecule has 0 radical (unpaired) electrons. The molecule has 0 saturated carbocycles. The topological polar surface area (TPSA) is 74.1 Å². The fourth-order valence-electron chi connectivity index (χ4n) is 1.92. The Hall–Kier alpha value is -2.87. The van der Waals surface area contributed by atoms with E-state index in [9.17, 15) is 14.0 Å². The van der Waals surface area contributed by atoms with Gasteiger partial charge in [0.15, 0.2) is 5.69 Å². The molecule has 0 aliphatic carbocycles. The van der Waals surface area contributed by atoms with Crippen molar-refractivity contribution in [3.8, 4) is 10.6 Å². The molecule has 0 amide bonds. The Balaban J connectivity index is 1.66. The van der Waals surface area contributed by atoms with E-state index in [2.05, 4.69) is 10.1 Å². The van der Waals surface area contributed by atoms with Crippen molar-refractivity contribution in [1.29, 1.82) is 0 Å². The fraction of sp³-hybridized carbons (Fsp3) is 0.125. The number of rotatable bonds is 4. The SMILES string of the molecule is Cn1nc(C(=O)OCc2csc(-c3ccc(F)cc3)n2)ccc1=O. The van der Waals surface area contributed by atoms with Crippen molar-refractivity contribution in [2.75, 3.05) is 0 Å². The number of carbonyl (C=O) groups is 1. The maximum atomic E-state index is 12.9. The van der Waals surface area contributed by atoms with Crippen LogP contribution < -0.4 is 5.56 Å².